The standard InChI is InChI=1S/C21H21N3O3/c1-15(21(26)22-14-16-8-10-18(27-2)11-9-16)24-20(25)13-12-19(23-24)17-6-4-3-5-7-17/h3-13,15H,14H2,1-2H3,(H,22,26). The van der Waals surface area contributed by atoms with Crippen molar-refractivity contribution in [1.82, 2.24) is 15.1 Å². The third-order valence-corrected chi connectivity index (χ3v) is 4.27. The van der Waals surface area contributed by atoms with Gasteiger partial charge in [0.1, 0.15) is 11.8 Å². The molecule has 0 radical (unpaired) electrons. The number of benzene rings is 2. The van der Waals surface area contributed by atoms with Gasteiger partial charge in [-0.3, -0.25) is 9.59 Å². The zero-order chi connectivity index (χ0) is 19.2. The number of aromatic nitrogens is 2. The van der Waals surface area contributed by atoms with Crippen LogP contribution in [0.2, 0.25) is 0 Å². The van der Waals surface area contributed by atoms with Crippen LogP contribution >= 0.6 is 0 Å². The first-order chi connectivity index (χ1) is 13.1. The zero-order valence-corrected chi connectivity index (χ0v) is 15.3. The molecule has 0 bridgehead atoms. The highest BCUT2D eigenvalue weighted by Crippen LogP contribution is 2.15. The molecule has 1 N–H and O–H groups in total. The molecule has 1 atom stereocenters. The molecule has 1 heterocycles. The van der Waals surface area contributed by atoms with Crippen molar-refractivity contribution in [2.45, 2.75) is 19.5 Å². The van der Waals surface area contributed by atoms with Crippen molar-refractivity contribution >= 4 is 5.91 Å². The summed E-state index contributed by atoms with van der Waals surface area (Å²) in [5.41, 5.74) is 2.15. The van der Waals surface area contributed by atoms with Crippen LogP contribution in [0.5, 0.6) is 5.75 Å². The molecule has 27 heavy (non-hydrogen) atoms. The number of hydrogen-bond donors (Lipinski definition) is 1. The predicted molar refractivity (Wildman–Crippen MR) is 103 cm³/mol. The van der Waals surface area contributed by atoms with E-state index in [1.807, 2.05) is 54.6 Å². The fraction of sp³-hybridized carbons (Fsp3) is 0.190. The molecule has 0 aliphatic heterocycles. The van der Waals surface area contributed by atoms with Crippen LogP contribution in [0.25, 0.3) is 11.3 Å². The van der Waals surface area contributed by atoms with Crippen molar-refractivity contribution in [3.63, 3.8) is 0 Å². The first kappa shape index (κ1) is 18.4. The first-order valence-electron chi connectivity index (χ1n) is 8.64. The Hall–Kier alpha value is -3.41. The summed E-state index contributed by atoms with van der Waals surface area (Å²) in [6, 6.07) is 19.3. The van der Waals surface area contributed by atoms with Crippen molar-refractivity contribution in [3.8, 4) is 17.0 Å². The van der Waals surface area contributed by atoms with Gasteiger partial charge in [-0.25, -0.2) is 4.68 Å². The molecule has 0 spiro atoms. The lowest BCUT2D eigenvalue weighted by Crippen LogP contribution is -2.36. The second-order valence-corrected chi connectivity index (χ2v) is 6.11. The van der Waals surface area contributed by atoms with Gasteiger partial charge in [0, 0.05) is 18.2 Å². The lowest BCUT2D eigenvalue weighted by atomic mass is 10.1. The first-order valence-corrected chi connectivity index (χ1v) is 8.64. The Morgan fingerprint density at radius 1 is 1.07 bits per heavy atom. The minimum absolute atomic E-state index is 0.273. The van der Waals surface area contributed by atoms with E-state index in [0.717, 1.165) is 16.9 Å². The summed E-state index contributed by atoms with van der Waals surface area (Å²) in [5.74, 6) is 0.484. The summed E-state index contributed by atoms with van der Waals surface area (Å²) in [4.78, 5) is 24.7. The van der Waals surface area contributed by atoms with Gasteiger partial charge in [0.05, 0.1) is 12.8 Å². The quantitative estimate of drug-likeness (QED) is 0.731. The van der Waals surface area contributed by atoms with Gasteiger partial charge in [-0.15, -0.1) is 0 Å². The Morgan fingerprint density at radius 3 is 2.44 bits per heavy atom. The third kappa shape index (κ3) is 4.41. The molecule has 0 saturated heterocycles. The molecule has 0 saturated carbocycles. The number of ether oxygens (including phenoxy) is 1. The summed E-state index contributed by atoms with van der Waals surface area (Å²) in [6.07, 6.45) is 0. The van der Waals surface area contributed by atoms with Crippen LogP contribution in [-0.4, -0.2) is 22.8 Å². The van der Waals surface area contributed by atoms with Crippen LogP contribution in [0.4, 0.5) is 0 Å². The second-order valence-electron chi connectivity index (χ2n) is 6.11. The van der Waals surface area contributed by atoms with Gasteiger partial charge in [-0.1, -0.05) is 42.5 Å². The van der Waals surface area contributed by atoms with E-state index in [-0.39, 0.29) is 11.5 Å². The molecule has 0 fully saturated rings. The number of carbonyl (C=O) groups is 1. The van der Waals surface area contributed by atoms with E-state index in [1.54, 1.807) is 20.1 Å². The average Bonchev–Trinajstić information content (AvgIpc) is 2.73. The van der Waals surface area contributed by atoms with Crippen LogP contribution in [0, 0.1) is 0 Å². The Balaban J connectivity index is 1.73. The van der Waals surface area contributed by atoms with Crippen molar-refractivity contribution in [1.29, 1.82) is 0 Å². The van der Waals surface area contributed by atoms with Crippen molar-refractivity contribution in [3.05, 3.63) is 82.6 Å². The summed E-state index contributed by atoms with van der Waals surface area (Å²) in [5, 5.41) is 7.21. The molecular weight excluding hydrogens is 342 g/mol. The zero-order valence-electron chi connectivity index (χ0n) is 15.3. The van der Waals surface area contributed by atoms with Gasteiger partial charge < -0.3 is 10.1 Å². The molecule has 1 aromatic heterocycles. The Bertz CT molecular complexity index is 966. The monoisotopic (exact) mass is 363 g/mol. The topological polar surface area (TPSA) is 73.2 Å². The normalized spacial score (nSPS) is 11.6. The maximum atomic E-state index is 12.5. The Kier molecular flexibility index (Phi) is 5.66. The molecule has 1 amide bonds. The molecule has 0 aliphatic rings. The summed E-state index contributed by atoms with van der Waals surface area (Å²) < 4.78 is 6.33. The van der Waals surface area contributed by atoms with Crippen LogP contribution < -0.4 is 15.6 Å². The van der Waals surface area contributed by atoms with Gasteiger partial charge in [-0.05, 0) is 30.7 Å². The molecule has 138 valence electrons. The molecule has 0 aliphatic carbocycles. The molecule has 2 aromatic carbocycles. The lowest BCUT2D eigenvalue weighted by Gasteiger charge is -2.15. The largest absolute Gasteiger partial charge is 0.497 e. The SMILES string of the molecule is COc1ccc(CNC(=O)C(C)n2nc(-c3ccccc3)ccc2=O)cc1. The van der Waals surface area contributed by atoms with Crippen LogP contribution in [-0.2, 0) is 11.3 Å². The van der Waals surface area contributed by atoms with Crippen LogP contribution in [0.1, 0.15) is 18.5 Å². The van der Waals surface area contributed by atoms with E-state index >= 15 is 0 Å². The van der Waals surface area contributed by atoms with E-state index in [2.05, 4.69) is 10.4 Å². The van der Waals surface area contributed by atoms with E-state index in [4.69, 9.17) is 4.74 Å². The molecule has 1 unspecified atom stereocenters. The average molecular weight is 363 g/mol. The highest BCUT2D eigenvalue weighted by molar-refractivity contribution is 5.79. The highest BCUT2D eigenvalue weighted by atomic mass is 16.5. The van der Waals surface area contributed by atoms with E-state index in [0.29, 0.717) is 12.2 Å². The van der Waals surface area contributed by atoms with Gasteiger partial charge in [0.15, 0.2) is 0 Å². The fourth-order valence-corrected chi connectivity index (χ4v) is 2.66. The van der Waals surface area contributed by atoms with E-state index in [9.17, 15) is 9.59 Å². The van der Waals surface area contributed by atoms with Gasteiger partial charge in [0.25, 0.3) is 5.56 Å². The van der Waals surface area contributed by atoms with E-state index < -0.39 is 6.04 Å². The smallest absolute Gasteiger partial charge is 0.267 e. The summed E-state index contributed by atoms with van der Waals surface area (Å²) >= 11 is 0. The summed E-state index contributed by atoms with van der Waals surface area (Å²) in [7, 11) is 1.60. The lowest BCUT2D eigenvalue weighted by molar-refractivity contribution is -0.124. The van der Waals surface area contributed by atoms with Gasteiger partial charge >= 0.3 is 0 Å². The number of hydrogen-bond acceptors (Lipinski definition) is 4. The highest BCUT2D eigenvalue weighted by Gasteiger charge is 2.17. The van der Waals surface area contributed by atoms with Gasteiger partial charge in [0.2, 0.25) is 5.91 Å². The molecular formula is C21H21N3O3. The molecule has 6 nitrogen and oxygen atoms in total. The molecule has 6 heteroatoms. The summed E-state index contributed by atoms with van der Waals surface area (Å²) in [6.45, 7) is 2.02. The minimum atomic E-state index is -0.723. The Morgan fingerprint density at radius 2 is 1.78 bits per heavy atom. The number of nitrogens with one attached hydrogen (secondary N) is 1. The van der Waals surface area contributed by atoms with Crippen LogP contribution in [0.15, 0.2) is 71.5 Å². The number of carbonyl (C=O) groups excluding carboxylic acids is 1. The van der Waals surface area contributed by atoms with Crippen molar-refractivity contribution in [2.75, 3.05) is 7.11 Å². The van der Waals surface area contributed by atoms with Crippen molar-refractivity contribution < 1.29 is 9.53 Å². The molecule has 3 rings (SSSR count). The maximum Gasteiger partial charge on any atom is 0.267 e. The predicted octanol–water partition coefficient (Wildman–Crippen LogP) is 2.80. The third-order valence-electron chi connectivity index (χ3n) is 4.27. The van der Waals surface area contributed by atoms with Crippen LogP contribution in [0.3, 0.4) is 0 Å². The second kappa shape index (κ2) is 8.31. The minimum Gasteiger partial charge on any atom is -0.497 e. The number of nitrogens with zero attached hydrogens (tertiary/aromatic N) is 2. The van der Waals surface area contributed by atoms with Crippen molar-refractivity contribution in [2.24, 2.45) is 0 Å². The number of rotatable bonds is 6. The Labute approximate surface area is 157 Å². The fourth-order valence-electron chi connectivity index (χ4n) is 2.66. The number of methoxy groups -OCH3 is 1. The van der Waals surface area contributed by atoms with Gasteiger partial charge in [-0.2, -0.15) is 5.10 Å². The molecule has 3 aromatic rings. The van der Waals surface area contributed by atoms with E-state index in [1.165, 1.54) is 10.7 Å². The maximum absolute atomic E-state index is 12.5. The number of amides is 1.